The quantitative estimate of drug-likeness (QED) is 0.0326. The lowest BCUT2D eigenvalue weighted by molar-refractivity contribution is -0.525. The third kappa shape index (κ3) is 7.13. The molecular weight excluding hydrogens is 718 g/mol. The number of esters is 1. The van der Waals surface area contributed by atoms with Gasteiger partial charge in [0.05, 0.1) is 10.8 Å². The van der Waals surface area contributed by atoms with Gasteiger partial charge in [-0.05, 0) is 0 Å². The second kappa shape index (κ2) is 15.5. The normalized spacial score (nSPS) is 29.3. The van der Waals surface area contributed by atoms with Gasteiger partial charge in [0.25, 0.3) is 0 Å². The summed E-state index contributed by atoms with van der Waals surface area (Å²) in [5, 5.41) is 163. The van der Waals surface area contributed by atoms with E-state index >= 15 is 0 Å². The van der Waals surface area contributed by atoms with E-state index in [9.17, 15) is 111 Å². The number of fused-ring (bicyclic) bond motifs is 1. The van der Waals surface area contributed by atoms with Gasteiger partial charge in [-0.15, -0.1) is 0 Å². The van der Waals surface area contributed by atoms with Gasteiger partial charge in [0.15, 0.2) is 11.7 Å². The van der Waals surface area contributed by atoms with Gasteiger partial charge in [0.2, 0.25) is 45.8 Å². The number of rotatable bonds is 21. The van der Waals surface area contributed by atoms with E-state index in [1.165, 1.54) is 0 Å². The first-order valence-electron chi connectivity index (χ1n) is 14.2. The van der Waals surface area contributed by atoms with Crippen LogP contribution < -0.4 is 0 Å². The Balaban J connectivity index is 3.65. The van der Waals surface area contributed by atoms with Crippen LogP contribution in [-0.4, -0.2) is 170 Å². The third-order valence-electron chi connectivity index (χ3n) is 9.44. The standard InChI is InChI=1S/C21H31N7O23/c29-8(1-22(37)38)15-16(9(30)2-23(39)40)21(14(35)7-28(49)50)20(13(34)6-27(47)48,17(18(36)51-21)10(31)3-24(41)42)19(15,11(32)4-25(43)44)12(33)5-26(45)46/h8-17,29-35H,1-7H2/t8-,9-,10-,11-,12-,13-,14+,15?,16?,17?,20?,21?/m1/s1. The minimum Gasteiger partial charge on any atom is -0.455 e. The van der Waals surface area contributed by atoms with Crippen molar-refractivity contribution in [2.75, 3.05) is 45.8 Å². The number of carbonyl (C=O) groups is 1. The number of ether oxygens (including phenoxy) is 1. The monoisotopic (exact) mass is 749 g/mol. The zero-order chi connectivity index (χ0) is 39.5. The van der Waals surface area contributed by atoms with Crippen molar-refractivity contribution in [1.82, 2.24) is 0 Å². The lowest BCUT2D eigenvalue weighted by atomic mass is 9.45. The molecule has 288 valence electrons. The van der Waals surface area contributed by atoms with Gasteiger partial charge in [-0.1, -0.05) is 0 Å². The molecule has 1 aliphatic carbocycles. The molecule has 0 aromatic rings. The number of nitro groups is 7. The number of aliphatic hydroxyl groups is 7. The van der Waals surface area contributed by atoms with E-state index in [0.29, 0.717) is 0 Å². The zero-order valence-corrected chi connectivity index (χ0v) is 25.5. The highest BCUT2D eigenvalue weighted by molar-refractivity contribution is 5.80. The molecule has 30 heteroatoms. The van der Waals surface area contributed by atoms with Crippen LogP contribution in [0.1, 0.15) is 0 Å². The summed E-state index contributed by atoms with van der Waals surface area (Å²) < 4.78 is 5.24. The Hall–Kier alpha value is -5.01. The van der Waals surface area contributed by atoms with Crippen molar-refractivity contribution in [3.63, 3.8) is 0 Å². The Kier molecular flexibility index (Phi) is 12.8. The van der Waals surface area contributed by atoms with Crippen LogP contribution in [0.2, 0.25) is 0 Å². The molecule has 1 saturated heterocycles. The van der Waals surface area contributed by atoms with Crippen molar-refractivity contribution in [2.24, 2.45) is 28.6 Å². The van der Waals surface area contributed by atoms with Crippen molar-refractivity contribution in [1.29, 1.82) is 0 Å². The van der Waals surface area contributed by atoms with E-state index in [2.05, 4.69) is 0 Å². The maximum Gasteiger partial charge on any atom is 0.313 e. The molecule has 30 nitrogen and oxygen atoms in total. The van der Waals surface area contributed by atoms with E-state index < -0.39 is 163 Å². The Morgan fingerprint density at radius 1 is 0.490 bits per heavy atom. The van der Waals surface area contributed by atoms with Crippen LogP contribution in [0.3, 0.4) is 0 Å². The fourth-order valence-electron chi connectivity index (χ4n) is 8.56. The largest absolute Gasteiger partial charge is 0.455 e. The van der Waals surface area contributed by atoms with Gasteiger partial charge >= 0.3 is 5.97 Å². The van der Waals surface area contributed by atoms with Crippen LogP contribution in [0.5, 0.6) is 0 Å². The van der Waals surface area contributed by atoms with Crippen molar-refractivity contribution in [2.45, 2.75) is 48.3 Å². The Bertz CT molecular complexity index is 1410. The zero-order valence-electron chi connectivity index (χ0n) is 25.5. The lowest BCUT2D eigenvalue weighted by Gasteiger charge is -2.56. The predicted octanol–water partition coefficient (Wildman–Crippen LogP) is -6.42. The Morgan fingerprint density at radius 2 is 0.804 bits per heavy atom. The Labute approximate surface area is 279 Å². The predicted molar refractivity (Wildman–Crippen MR) is 149 cm³/mol. The van der Waals surface area contributed by atoms with E-state index in [1.807, 2.05) is 0 Å². The molecule has 0 aromatic carbocycles. The van der Waals surface area contributed by atoms with Crippen LogP contribution in [0.4, 0.5) is 0 Å². The molecule has 1 aliphatic heterocycles. The SMILES string of the molecule is O=C1OC2([C@@H](O)C[N+](=O)[O-])C([C@H](O)C[N+](=O)[O-])C([C@H](O)C[N+](=O)[O-])C([C@H](O)C[N+](=O)[O-])([C@H](O)C[N+](=O)[O-])C2([C@H](O)C[N+](=O)[O-])C1[C@H](O)C[N+](=O)[O-]. The van der Waals surface area contributed by atoms with Crippen LogP contribution >= 0.6 is 0 Å². The first kappa shape index (κ1) is 42.2. The van der Waals surface area contributed by atoms with Gasteiger partial charge in [-0.25, -0.2) is 0 Å². The molecule has 0 spiro atoms. The average molecular weight is 750 g/mol. The third-order valence-corrected chi connectivity index (χ3v) is 9.44. The maximum absolute atomic E-state index is 13.8. The first-order chi connectivity index (χ1) is 23.4. The van der Waals surface area contributed by atoms with Gasteiger partial charge in [0.1, 0.15) is 42.5 Å². The van der Waals surface area contributed by atoms with Crippen molar-refractivity contribution < 1.29 is 79.7 Å². The molecule has 0 aromatic heterocycles. The molecule has 0 amide bonds. The molecule has 1 saturated carbocycles. The topological polar surface area (TPSA) is 470 Å². The molecule has 12 atom stereocenters. The van der Waals surface area contributed by atoms with Gasteiger partial charge < -0.3 is 40.5 Å². The molecule has 51 heavy (non-hydrogen) atoms. The van der Waals surface area contributed by atoms with Gasteiger partial charge in [0, 0.05) is 46.3 Å². The van der Waals surface area contributed by atoms with E-state index in [-0.39, 0.29) is 0 Å². The summed E-state index contributed by atoms with van der Waals surface area (Å²) in [6, 6.07) is 0. The van der Waals surface area contributed by atoms with Crippen LogP contribution in [0.25, 0.3) is 0 Å². The van der Waals surface area contributed by atoms with Crippen LogP contribution in [0, 0.1) is 99.4 Å². The summed E-state index contributed by atoms with van der Waals surface area (Å²) in [5.74, 6) is -11.6. The van der Waals surface area contributed by atoms with Crippen molar-refractivity contribution in [3.05, 3.63) is 70.8 Å². The summed E-state index contributed by atoms with van der Waals surface area (Å²) >= 11 is 0. The molecule has 1 heterocycles. The number of nitrogens with zero attached hydrogens (tertiary/aromatic N) is 7. The highest BCUT2D eigenvalue weighted by Gasteiger charge is 2.94. The molecular formula is C21H31N7O23. The lowest BCUT2D eigenvalue weighted by Crippen LogP contribution is -2.74. The number of carbonyl (C=O) groups excluding carboxylic acids is 1. The number of hydrogen-bond acceptors (Lipinski definition) is 23. The van der Waals surface area contributed by atoms with Crippen molar-refractivity contribution >= 4 is 5.97 Å². The fraction of sp³-hybridized carbons (Fsp3) is 0.952. The van der Waals surface area contributed by atoms with Crippen LogP contribution in [0.15, 0.2) is 0 Å². The van der Waals surface area contributed by atoms with Crippen LogP contribution in [-0.2, 0) is 9.53 Å². The molecule has 5 unspecified atom stereocenters. The number of hydrogen-bond donors (Lipinski definition) is 7. The smallest absolute Gasteiger partial charge is 0.313 e. The van der Waals surface area contributed by atoms with E-state index in [4.69, 9.17) is 4.74 Å². The molecule has 2 fully saturated rings. The Morgan fingerprint density at radius 3 is 1.18 bits per heavy atom. The summed E-state index contributed by atoms with van der Waals surface area (Å²) in [6.07, 6.45) is -22.7. The second-order valence-corrected chi connectivity index (χ2v) is 11.9. The average Bonchev–Trinajstić information content (AvgIpc) is 3.33. The summed E-state index contributed by atoms with van der Waals surface area (Å²) in [5.41, 5.74) is -12.2. The van der Waals surface area contributed by atoms with Crippen molar-refractivity contribution in [3.8, 4) is 0 Å². The second-order valence-electron chi connectivity index (χ2n) is 11.9. The maximum atomic E-state index is 13.8. The molecule has 0 radical (unpaired) electrons. The highest BCUT2D eigenvalue weighted by atomic mass is 16.7. The minimum atomic E-state index is -4.13. The highest BCUT2D eigenvalue weighted by Crippen LogP contribution is 2.77. The van der Waals surface area contributed by atoms with E-state index in [1.54, 1.807) is 0 Å². The molecule has 2 rings (SSSR count). The summed E-state index contributed by atoms with van der Waals surface area (Å²) in [4.78, 5) is 86.1. The molecule has 2 aliphatic rings. The first-order valence-corrected chi connectivity index (χ1v) is 14.2. The molecule has 0 bridgehead atoms. The fourth-order valence-corrected chi connectivity index (χ4v) is 8.56. The molecule has 7 N–H and O–H groups in total. The van der Waals surface area contributed by atoms with Gasteiger partial charge in [-0.2, -0.15) is 0 Å². The summed E-state index contributed by atoms with van der Waals surface area (Å²) in [6.45, 7) is -14.1. The minimum absolute atomic E-state index is 1.40. The summed E-state index contributed by atoms with van der Waals surface area (Å²) in [7, 11) is 0. The van der Waals surface area contributed by atoms with E-state index in [0.717, 1.165) is 0 Å². The number of aliphatic hydroxyl groups excluding tert-OH is 7. The van der Waals surface area contributed by atoms with Gasteiger partial charge in [-0.3, -0.25) is 75.6 Å².